The van der Waals surface area contributed by atoms with Gasteiger partial charge in [-0.05, 0) is 39.6 Å². The van der Waals surface area contributed by atoms with Crippen LogP contribution in [0, 0.1) is 0 Å². The van der Waals surface area contributed by atoms with E-state index in [1.165, 1.54) is 0 Å². The molecule has 196 valence electrons. The average Bonchev–Trinajstić information content (AvgIpc) is 3.18. The number of fused-ring (bicyclic) bond motifs is 1. The molecule has 2 aromatic carbocycles. The van der Waals surface area contributed by atoms with Crippen LogP contribution in [-0.4, -0.2) is 74.1 Å². The molecule has 10 heteroatoms. The number of nitrogens with two attached hydrogens (primary N) is 1. The highest BCUT2D eigenvalue weighted by molar-refractivity contribution is 7.70. The molecule has 4 rings (SSSR count). The summed E-state index contributed by atoms with van der Waals surface area (Å²) in [4.78, 5) is 13.6. The van der Waals surface area contributed by atoms with Crippen molar-refractivity contribution in [2.75, 3.05) is 70.6 Å². The standard InChI is InChI=1S/C27H36N7O2P/c1-32(2)12-13-33(3)23-15-24(36-5)21(14-20(23)28)30-27-29-16-25(37(6,7)35)26(31-27)19-17-34(4)22-11-9-8-10-18(19)22/h8-11,14-17H,12-13,28H2,1-7H3,(H,29,30,31). The minimum atomic E-state index is -2.66. The van der Waals surface area contributed by atoms with E-state index in [4.69, 9.17) is 15.5 Å². The third kappa shape index (κ3) is 5.58. The lowest BCUT2D eigenvalue weighted by Gasteiger charge is -2.24. The molecule has 37 heavy (non-hydrogen) atoms. The van der Waals surface area contributed by atoms with Crippen molar-refractivity contribution >= 4 is 46.4 Å². The number of rotatable bonds is 9. The largest absolute Gasteiger partial charge is 0.494 e. The molecule has 0 amide bonds. The second-order valence-electron chi connectivity index (χ2n) is 9.91. The van der Waals surface area contributed by atoms with E-state index in [0.29, 0.717) is 34.1 Å². The Morgan fingerprint density at radius 1 is 1.14 bits per heavy atom. The fourth-order valence-corrected chi connectivity index (χ4v) is 5.35. The number of methoxy groups -OCH3 is 1. The topological polar surface area (TPSA) is 102 Å². The Labute approximate surface area is 218 Å². The summed E-state index contributed by atoms with van der Waals surface area (Å²) < 4.78 is 20.9. The maximum atomic E-state index is 13.2. The molecule has 0 bridgehead atoms. The fourth-order valence-electron chi connectivity index (χ4n) is 4.33. The lowest BCUT2D eigenvalue weighted by atomic mass is 10.1. The Hall–Kier alpha value is -3.55. The Morgan fingerprint density at radius 2 is 1.86 bits per heavy atom. The summed E-state index contributed by atoms with van der Waals surface area (Å²) in [5, 5.41) is 4.95. The molecule has 0 fully saturated rings. The number of aryl methyl sites for hydroxylation is 1. The fraction of sp³-hybridized carbons (Fsp3) is 0.333. The SMILES string of the molecule is COc1cc(N(C)CCN(C)C)c(N)cc1Nc1ncc(P(C)(C)=O)c(-c2cn(C)c3ccccc23)n1. The number of nitrogen functional groups attached to an aromatic ring is 1. The first kappa shape index (κ1) is 26.5. The van der Waals surface area contributed by atoms with Crippen LogP contribution in [0.1, 0.15) is 0 Å². The van der Waals surface area contributed by atoms with E-state index in [0.717, 1.165) is 35.2 Å². The van der Waals surface area contributed by atoms with Gasteiger partial charge in [0.25, 0.3) is 0 Å². The number of para-hydroxylation sites is 1. The summed E-state index contributed by atoms with van der Waals surface area (Å²) in [6, 6.07) is 11.9. The van der Waals surface area contributed by atoms with Gasteiger partial charge in [-0.1, -0.05) is 18.2 Å². The smallest absolute Gasteiger partial charge is 0.227 e. The third-order valence-corrected chi connectivity index (χ3v) is 7.88. The first-order chi connectivity index (χ1) is 17.5. The highest BCUT2D eigenvalue weighted by Gasteiger charge is 2.23. The van der Waals surface area contributed by atoms with E-state index in [1.54, 1.807) is 26.6 Å². The zero-order chi connectivity index (χ0) is 26.9. The van der Waals surface area contributed by atoms with Crippen molar-refractivity contribution in [1.82, 2.24) is 19.4 Å². The average molecular weight is 522 g/mol. The van der Waals surface area contributed by atoms with Crippen LogP contribution in [0.2, 0.25) is 0 Å². The number of nitrogens with zero attached hydrogens (tertiary/aromatic N) is 5. The van der Waals surface area contributed by atoms with Crippen molar-refractivity contribution in [3.05, 3.63) is 48.8 Å². The van der Waals surface area contributed by atoms with E-state index in [2.05, 4.69) is 36.8 Å². The lowest BCUT2D eigenvalue weighted by Crippen LogP contribution is -2.29. The van der Waals surface area contributed by atoms with Crippen LogP contribution in [-0.2, 0) is 11.6 Å². The van der Waals surface area contributed by atoms with Crippen molar-refractivity contribution in [3.8, 4) is 17.0 Å². The van der Waals surface area contributed by atoms with Crippen molar-refractivity contribution in [3.63, 3.8) is 0 Å². The molecule has 2 aromatic heterocycles. The summed E-state index contributed by atoms with van der Waals surface area (Å²) in [5.41, 5.74) is 11.2. The Balaban J connectivity index is 1.76. The molecular formula is C27H36N7O2P. The van der Waals surface area contributed by atoms with Gasteiger partial charge in [-0.15, -0.1) is 0 Å². The second kappa shape index (κ2) is 10.4. The molecule has 0 unspecified atom stereocenters. The molecule has 0 aliphatic heterocycles. The van der Waals surface area contributed by atoms with E-state index in [9.17, 15) is 4.57 Å². The van der Waals surface area contributed by atoms with Crippen molar-refractivity contribution in [2.45, 2.75) is 0 Å². The molecular weight excluding hydrogens is 485 g/mol. The Kier molecular flexibility index (Phi) is 7.48. The predicted octanol–water partition coefficient (Wildman–Crippen LogP) is 4.22. The van der Waals surface area contributed by atoms with Gasteiger partial charge < -0.3 is 34.7 Å². The van der Waals surface area contributed by atoms with Crippen LogP contribution >= 0.6 is 7.14 Å². The van der Waals surface area contributed by atoms with Gasteiger partial charge in [0.05, 0.1) is 35.2 Å². The number of nitrogens with one attached hydrogen (secondary N) is 1. The molecule has 2 heterocycles. The second-order valence-corrected chi connectivity index (χ2v) is 13.1. The third-order valence-electron chi connectivity index (χ3n) is 6.39. The number of hydrogen-bond donors (Lipinski definition) is 2. The number of anilines is 4. The van der Waals surface area contributed by atoms with Crippen molar-refractivity contribution in [2.24, 2.45) is 7.05 Å². The quantitative estimate of drug-likeness (QED) is 0.250. The first-order valence-corrected chi connectivity index (χ1v) is 14.7. The van der Waals surface area contributed by atoms with Gasteiger partial charge in [0.15, 0.2) is 0 Å². The molecule has 0 spiro atoms. The number of aromatic nitrogens is 3. The van der Waals surface area contributed by atoms with Gasteiger partial charge in [-0.2, -0.15) is 0 Å². The summed E-state index contributed by atoms with van der Waals surface area (Å²) in [6.07, 6.45) is 3.68. The predicted molar refractivity (Wildman–Crippen MR) is 156 cm³/mol. The van der Waals surface area contributed by atoms with Gasteiger partial charge in [0.2, 0.25) is 5.95 Å². The molecule has 3 N–H and O–H groups in total. The number of ether oxygens (including phenoxy) is 1. The normalized spacial score (nSPS) is 11.8. The van der Waals surface area contributed by atoms with Gasteiger partial charge >= 0.3 is 0 Å². The zero-order valence-electron chi connectivity index (χ0n) is 22.6. The van der Waals surface area contributed by atoms with Crippen LogP contribution in [0.5, 0.6) is 5.75 Å². The molecule has 0 saturated heterocycles. The maximum Gasteiger partial charge on any atom is 0.227 e. The van der Waals surface area contributed by atoms with Gasteiger partial charge in [-0.3, -0.25) is 0 Å². The summed E-state index contributed by atoms with van der Waals surface area (Å²) >= 11 is 0. The van der Waals surface area contributed by atoms with Crippen LogP contribution in [0.15, 0.2) is 48.8 Å². The summed E-state index contributed by atoms with van der Waals surface area (Å²) in [5.74, 6) is 0.989. The van der Waals surface area contributed by atoms with Crippen molar-refractivity contribution in [1.29, 1.82) is 0 Å². The summed E-state index contributed by atoms with van der Waals surface area (Å²) in [6.45, 7) is 5.19. The Bertz CT molecular complexity index is 1480. The maximum absolute atomic E-state index is 13.2. The summed E-state index contributed by atoms with van der Waals surface area (Å²) in [7, 11) is 7.04. The molecule has 9 nitrogen and oxygen atoms in total. The van der Waals surface area contributed by atoms with E-state index in [1.807, 2.05) is 58.7 Å². The van der Waals surface area contributed by atoms with Gasteiger partial charge in [0, 0.05) is 62.1 Å². The molecule has 0 radical (unpaired) electrons. The molecule has 4 aromatic rings. The minimum Gasteiger partial charge on any atom is -0.494 e. The molecule has 0 saturated carbocycles. The van der Waals surface area contributed by atoms with E-state index in [-0.39, 0.29) is 0 Å². The van der Waals surface area contributed by atoms with Crippen molar-refractivity contribution < 1.29 is 9.30 Å². The molecule has 0 atom stereocenters. The van der Waals surface area contributed by atoms with E-state index >= 15 is 0 Å². The van der Waals surface area contributed by atoms with E-state index < -0.39 is 7.14 Å². The Morgan fingerprint density at radius 3 is 2.54 bits per heavy atom. The molecule has 0 aliphatic rings. The first-order valence-electron chi connectivity index (χ1n) is 12.1. The lowest BCUT2D eigenvalue weighted by molar-refractivity contribution is 0.413. The van der Waals surface area contributed by atoms with Crippen LogP contribution < -0.4 is 26.0 Å². The highest BCUT2D eigenvalue weighted by Crippen LogP contribution is 2.41. The van der Waals surface area contributed by atoms with Gasteiger partial charge in [0.1, 0.15) is 12.9 Å². The van der Waals surface area contributed by atoms with Crippen LogP contribution in [0.25, 0.3) is 22.2 Å². The molecule has 0 aliphatic carbocycles. The van der Waals surface area contributed by atoms with Crippen LogP contribution in [0.4, 0.5) is 23.0 Å². The number of hydrogen-bond acceptors (Lipinski definition) is 8. The zero-order valence-corrected chi connectivity index (χ0v) is 23.5. The highest BCUT2D eigenvalue weighted by atomic mass is 31.2. The monoisotopic (exact) mass is 521 g/mol. The minimum absolute atomic E-state index is 0.367. The van der Waals surface area contributed by atoms with Crippen LogP contribution in [0.3, 0.4) is 0 Å². The number of likely N-dealkylation sites (N-methyl/N-ethyl adjacent to an activating group) is 2. The van der Waals surface area contributed by atoms with Gasteiger partial charge in [-0.25, -0.2) is 9.97 Å². The number of benzene rings is 2.